The first-order valence-corrected chi connectivity index (χ1v) is 9.91. The molecule has 0 spiro atoms. The third-order valence-electron chi connectivity index (χ3n) is 5.62. The maximum Gasteiger partial charge on any atom is 0.410 e. The molecule has 2 fully saturated rings. The topological polar surface area (TPSA) is 45.7 Å². The minimum absolute atomic E-state index is 0.0633. The standard InChI is InChI=1S/C22H27N3O2/c1-17-14-21(24-11-5-6-12-24)23-15-19(17)20-10-7-13-25(20)22(26)27-16-18-8-3-2-4-9-18/h2-4,8-9,14-15,20H,5-7,10-13,16H2,1H3. The molecule has 1 aromatic carbocycles. The van der Waals surface area contributed by atoms with Crippen molar-refractivity contribution < 1.29 is 9.53 Å². The SMILES string of the molecule is Cc1cc(N2CCCC2)ncc1C1CCCN1C(=O)OCc1ccccc1. The van der Waals surface area contributed by atoms with Crippen LogP contribution in [0.1, 0.15) is 48.4 Å². The van der Waals surface area contributed by atoms with Crippen LogP contribution in [-0.4, -0.2) is 35.6 Å². The Kier molecular flexibility index (Phi) is 5.28. The Morgan fingerprint density at radius 2 is 1.93 bits per heavy atom. The van der Waals surface area contributed by atoms with E-state index in [1.165, 1.54) is 18.4 Å². The van der Waals surface area contributed by atoms with Gasteiger partial charge in [0.05, 0.1) is 6.04 Å². The molecule has 2 aliphatic rings. The molecule has 142 valence electrons. The lowest BCUT2D eigenvalue weighted by Crippen LogP contribution is -2.31. The molecule has 4 rings (SSSR count). The van der Waals surface area contributed by atoms with Gasteiger partial charge < -0.3 is 14.5 Å². The van der Waals surface area contributed by atoms with E-state index in [4.69, 9.17) is 9.72 Å². The normalized spacial score (nSPS) is 19.5. The summed E-state index contributed by atoms with van der Waals surface area (Å²) in [6, 6.07) is 12.1. The van der Waals surface area contributed by atoms with E-state index in [2.05, 4.69) is 17.9 Å². The largest absolute Gasteiger partial charge is 0.445 e. The fourth-order valence-corrected chi connectivity index (χ4v) is 4.13. The first-order chi connectivity index (χ1) is 13.2. The summed E-state index contributed by atoms with van der Waals surface area (Å²) < 4.78 is 5.57. The zero-order valence-corrected chi connectivity index (χ0v) is 15.9. The van der Waals surface area contributed by atoms with Crippen molar-refractivity contribution in [2.45, 2.75) is 45.3 Å². The van der Waals surface area contributed by atoms with E-state index in [1.807, 2.05) is 41.4 Å². The summed E-state index contributed by atoms with van der Waals surface area (Å²) in [4.78, 5) is 21.6. The van der Waals surface area contributed by atoms with Crippen LogP contribution in [0.25, 0.3) is 0 Å². The highest BCUT2D eigenvalue weighted by Gasteiger charge is 2.32. The van der Waals surface area contributed by atoms with Gasteiger partial charge in [0, 0.05) is 25.8 Å². The second kappa shape index (κ2) is 7.99. The van der Waals surface area contributed by atoms with Gasteiger partial charge in [0.25, 0.3) is 0 Å². The van der Waals surface area contributed by atoms with Crippen molar-refractivity contribution in [3.8, 4) is 0 Å². The lowest BCUT2D eigenvalue weighted by Gasteiger charge is -2.26. The van der Waals surface area contributed by atoms with Crippen molar-refractivity contribution in [2.24, 2.45) is 0 Å². The number of benzene rings is 1. The predicted octanol–water partition coefficient (Wildman–Crippen LogP) is 4.46. The van der Waals surface area contributed by atoms with E-state index < -0.39 is 0 Å². The lowest BCUT2D eigenvalue weighted by molar-refractivity contribution is 0.0919. The number of ether oxygens (including phenoxy) is 1. The quantitative estimate of drug-likeness (QED) is 0.802. The lowest BCUT2D eigenvalue weighted by atomic mass is 10.0. The minimum atomic E-state index is -0.232. The molecule has 1 unspecified atom stereocenters. The number of likely N-dealkylation sites (tertiary alicyclic amines) is 1. The number of hydrogen-bond donors (Lipinski definition) is 0. The van der Waals surface area contributed by atoms with Gasteiger partial charge >= 0.3 is 6.09 Å². The second-order valence-corrected chi connectivity index (χ2v) is 7.48. The number of carbonyl (C=O) groups is 1. The van der Waals surface area contributed by atoms with E-state index in [1.54, 1.807) is 0 Å². The number of aromatic nitrogens is 1. The summed E-state index contributed by atoms with van der Waals surface area (Å²) in [5, 5.41) is 0. The Labute approximate surface area is 161 Å². The van der Waals surface area contributed by atoms with E-state index in [0.717, 1.165) is 49.4 Å². The first kappa shape index (κ1) is 17.8. The highest BCUT2D eigenvalue weighted by molar-refractivity contribution is 5.69. The summed E-state index contributed by atoms with van der Waals surface area (Å²) in [6.45, 7) is 5.36. The van der Waals surface area contributed by atoms with Crippen molar-refractivity contribution in [3.05, 3.63) is 59.3 Å². The molecule has 0 bridgehead atoms. The average molecular weight is 365 g/mol. The van der Waals surface area contributed by atoms with Crippen LogP contribution >= 0.6 is 0 Å². The number of pyridine rings is 1. The monoisotopic (exact) mass is 365 g/mol. The summed E-state index contributed by atoms with van der Waals surface area (Å²) in [5.74, 6) is 1.06. The van der Waals surface area contributed by atoms with Gasteiger partial charge in [-0.2, -0.15) is 0 Å². The van der Waals surface area contributed by atoms with Gasteiger partial charge in [-0.1, -0.05) is 30.3 Å². The highest BCUT2D eigenvalue weighted by atomic mass is 16.6. The van der Waals surface area contributed by atoms with E-state index in [9.17, 15) is 4.79 Å². The maximum atomic E-state index is 12.7. The number of nitrogens with zero attached hydrogens (tertiary/aromatic N) is 3. The van der Waals surface area contributed by atoms with Gasteiger partial charge in [0.15, 0.2) is 0 Å². The zero-order valence-electron chi connectivity index (χ0n) is 15.9. The molecule has 0 aliphatic carbocycles. The number of amides is 1. The summed E-state index contributed by atoms with van der Waals surface area (Å²) >= 11 is 0. The van der Waals surface area contributed by atoms with Crippen LogP contribution in [0.2, 0.25) is 0 Å². The van der Waals surface area contributed by atoms with E-state index in [-0.39, 0.29) is 12.1 Å². The molecular formula is C22H27N3O2. The molecule has 3 heterocycles. The third-order valence-corrected chi connectivity index (χ3v) is 5.62. The number of rotatable bonds is 4. The van der Waals surface area contributed by atoms with Crippen molar-refractivity contribution in [1.29, 1.82) is 0 Å². The summed E-state index contributed by atoms with van der Waals surface area (Å²) in [5.41, 5.74) is 3.36. The molecule has 2 aromatic rings. The molecule has 5 nitrogen and oxygen atoms in total. The van der Waals surface area contributed by atoms with Crippen LogP contribution in [0.15, 0.2) is 42.6 Å². The Morgan fingerprint density at radius 3 is 2.67 bits per heavy atom. The van der Waals surface area contributed by atoms with E-state index in [0.29, 0.717) is 6.61 Å². The number of hydrogen-bond acceptors (Lipinski definition) is 4. The van der Waals surface area contributed by atoms with Crippen molar-refractivity contribution in [3.63, 3.8) is 0 Å². The van der Waals surface area contributed by atoms with Crippen molar-refractivity contribution in [1.82, 2.24) is 9.88 Å². The second-order valence-electron chi connectivity index (χ2n) is 7.48. The Morgan fingerprint density at radius 1 is 1.15 bits per heavy atom. The fraction of sp³-hybridized carbons (Fsp3) is 0.455. The Balaban J connectivity index is 1.45. The maximum absolute atomic E-state index is 12.7. The molecular weight excluding hydrogens is 338 g/mol. The molecule has 1 aromatic heterocycles. The summed E-state index contributed by atoms with van der Waals surface area (Å²) in [7, 11) is 0. The van der Waals surface area contributed by atoms with Crippen LogP contribution in [-0.2, 0) is 11.3 Å². The Hall–Kier alpha value is -2.56. The van der Waals surface area contributed by atoms with Crippen LogP contribution in [0, 0.1) is 6.92 Å². The molecule has 0 radical (unpaired) electrons. The molecule has 0 N–H and O–H groups in total. The van der Waals surface area contributed by atoms with Gasteiger partial charge in [-0.3, -0.25) is 0 Å². The predicted molar refractivity (Wildman–Crippen MR) is 106 cm³/mol. The highest BCUT2D eigenvalue weighted by Crippen LogP contribution is 2.35. The summed E-state index contributed by atoms with van der Waals surface area (Å²) in [6.07, 6.45) is 6.18. The molecule has 2 saturated heterocycles. The number of aryl methyl sites for hydroxylation is 1. The van der Waals surface area contributed by atoms with Crippen LogP contribution in [0.3, 0.4) is 0 Å². The van der Waals surface area contributed by atoms with Crippen LogP contribution in [0.5, 0.6) is 0 Å². The minimum Gasteiger partial charge on any atom is -0.445 e. The third kappa shape index (κ3) is 3.92. The zero-order chi connectivity index (χ0) is 18.6. The van der Waals surface area contributed by atoms with Gasteiger partial charge in [-0.15, -0.1) is 0 Å². The molecule has 2 aliphatic heterocycles. The van der Waals surface area contributed by atoms with Crippen molar-refractivity contribution >= 4 is 11.9 Å². The van der Waals surface area contributed by atoms with E-state index >= 15 is 0 Å². The molecule has 27 heavy (non-hydrogen) atoms. The number of anilines is 1. The smallest absolute Gasteiger partial charge is 0.410 e. The van der Waals surface area contributed by atoms with Crippen LogP contribution < -0.4 is 4.90 Å². The number of carbonyl (C=O) groups excluding carboxylic acids is 1. The molecule has 1 amide bonds. The van der Waals surface area contributed by atoms with Crippen molar-refractivity contribution in [2.75, 3.05) is 24.5 Å². The molecule has 0 saturated carbocycles. The average Bonchev–Trinajstić information content (AvgIpc) is 3.39. The first-order valence-electron chi connectivity index (χ1n) is 9.91. The van der Waals surface area contributed by atoms with Gasteiger partial charge in [-0.05, 0) is 55.4 Å². The van der Waals surface area contributed by atoms with Gasteiger partial charge in [-0.25, -0.2) is 9.78 Å². The Bertz CT molecular complexity index is 787. The van der Waals surface area contributed by atoms with Crippen LogP contribution in [0.4, 0.5) is 10.6 Å². The fourth-order valence-electron chi connectivity index (χ4n) is 4.13. The molecule has 1 atom stereocenters. The molecule has 5 heteroatoms. The van der Waals surface area contributed by atoms with Gasteiger partial charge in [0.1, 0.15) is 12.4 Å². The van der Waals surface area contributed by atoms with Gasteiger partial charge in [0.2, 0.25) is 0 Å².